The molecule has 0 heterocycles. The molecule has 0 atom stereocenters. The Balaban J connectivity index is 2.90. The van der Waals surface area contributed by atoms with Crippen molar-refractivity contribution in [1.82, 2.24) is 0 Å². The Morgan fingerprint density at radius 2 is 1.92 bits per heavy atom. The van der Waals surface area contributed by atoms with E-state index in [2.05, 4.69) is 22.6 Å². The minimum Gasteiger partial charge on any atom is -0.485 e. The molecule has 0 radical (unpaired) electrons. The maximum atomic E-state index is 13.3. The fourth-order valence-corrected chi connectivity index (χ4v) is 1.34. The monoisotopic (exact) mass is 294 g/mol. The molecule has 0 aliphatic heterocycles. The van der Waals surface area contributed by atoms with Crippen LogP contribution in [-0.4, -0.2) is 5.60 Å². The van der Waals surface area contributed by atoms with Gasteiger partial charge in [0, 0.05) is 3.57 Å². The fraction of sp³-hybridized carbons (Fsp3) is 0.400. The highest BCUT2D eigenvalue weighted by atomic mass is 127. The minimum absolute atomic E-state index is 0.304. The molecule has 0 saturated carbocycles. The van der Waals surface area contributed by atoms with Crippen molar-refractivity contribution in [2.24, 2.45) is 0 Å². The highest BCUT2D eigenvalue weighted by molar-refractivity contribution is 14.1. The molecular weight excluding hydrogens is 282 g/mol. The molecule has 13 heavy (non-hydrogen) atoms. The molecule has 1 aromatic rings. The van der Waals surface area contributed by atoms with Crippen LogP contribution in [0.2, 0.25) is 0 Å². The summed E-state index contributed by atoms with van der Waals surface area (Å²) in [4.78, 5) is 0. The SMILES string of the molecule is CC(C)(C)Oc1ccc(I)cc1F. The first kappa shape index (κ1) is 10.8. The van der Waals surface area contributed by atoms with Crippen LogP contribution in [0.15, 0.2) is 18.2 Å². The van der Waals surface area contributed by atoms with Gasteiger partial charge in [0.15, 0.2) is 11.6 Å². The zero-order valence-corrected chi connectivity index (χ0v) is 10.1. The lowest BCUT2D eigenvalue weighted by atomic mass is 10.2. The van der Waals surface area contributed by atoms with Gasteiger partial charge in [0.2, 0.25) is 0 Å². The summed E-state index contributed by atoms with van der Waals surface area (Å²) in [5.74, 6) is 0.00902. The fourth-order valence-electron chi connectivity index (χ4n) is 0.888. The van der Waals surface area contributed by atoms with Crippen LogP contribution in [0.1, 0.15) is 20.8 Å². The number of hydrogen-bond acceptors (Lipinski definition) is 1. The van der Waals surface area contributed by atoms with Gasteiger partial charge in [-0.15, -0.1) is 0 Å². The van der Waals surface area contributed by atoms with E-state index in [0.29, 0.717) is 5.75 Å². The van der Waals surface area contributed by atoms with Gasteiger partial charge in [0.1, 0.15) is 5.60 Å². The molecule has 1 rings (SSSR count). The number of benzene rings is 1. The van der Waals surface area contributed by atoms with Gasteiger partial charge in [0.25, 0.3) is 0 Å². The van der Waals surface area contributed by atoms with Gasteiger partial charge in [0.05, 0.1) is 0 Å². The van der Waals surface area contributed by atoms with Crippen LogP contribution in [0.3, 0.4) is 0 Å². The molecule has 0 aliphatic carbocycles. The van der Waals surface area contributed by atoms with Crippen molar-refractivity contribution in [2.45, 2.75) is 26.4 Å². The summed E-state index contributed by atoms with van der Waals surface area (Å²) in [5, 5.41) is 0. The molecule has 0 spiro atoms. The molecule has 0 fully saturated rings. The van der Waals surface area contributed by atoms with Crippen LogP contribution in [0, 0.1) is 9.39 Å². The number of ether oxygens (including phenoxy) is 1. The Morgan fingerprint density at radius 1 is 1.31 bits per heavy atom. The quantitative estimate of drug-likeness (QED) is 0.719. The standard InChI is InChI=1S/C10H12FIO/c1-10(2,3)13-9-5-4-7(12)6-8(9)11/h4-6H,1-3H3. The average molecular weight is 294 g/mol. The van der Waals surface area contributed by atoms with Crippen LogP contribution in [0.25, 0.3) is 0 Å². The van der Waals surface area contributed by atoms with Crippen LogP contribution < -0.4 is 4.74 Å². The van der Waals surface area contributed by atoms with Crippen molar-refractivity contribution in [3.05, 3.63) is 27.6 Å². The predicted octanol–water partition coefficient (Wildman–Crippen LogP) is 3.61. The summed E-state index contributed by atoms with van der Waals surface area (Å²) in [6.45, 7) is 5.68. The van der Waals surface area contributed by atoms with Gasteiger partial charge in [-0.2, -0.15) is 0 Å². The maximum Gasteiger partial charge on any atom is 0.166 e. The largest absolute Gasteiger partial charge is 0.485 e. The van der Waals surface area contributed by atoms with Crippen LogP contribution in [-0.2, 0) is 0 Å². The van der Waals surface area contributed by atoms with Gasteiger partial charge < -0.3 is 4.74 Å². The second-order valence-corrected chi connectivity index (χ2v) is 5.03. The predicted molar refractivity (Wildman–Crippen MR) is 59.5 cm³/mol. The lowest BCUT2D eigenvalue weighted by molar-refractivity contribution is 0.124. The lowest BCUT2D eigenvalue weighted by Crippen LogP contribution is -2.23. The molecule has 0 saturated heterocycles. The molecule has 1 aromatic carbocycles. The Hall–Kier alpha value is -0.320. The summed E-state index contributed by atoms with van der Waals surface area (Å²) in [6, 6.07) is 4.94. The third kappa shape index (κ3) is 3.50. The van der Waals surface area contributed by atoms with Crippen LogP contribution in [0.5, 0.6) is 5.75 Å². The van der Waals surface area contributed by atoms with E-state index in [9.17, 15) is 4.39 Å². The first-order valence-corrected chi connectivity index (χ1v) is 5.10. The molecule has 0 unspecified atom stereocenters. The molecule has 0 aromatic heterocycles. The average Bonchev–Trinajstić information content (AvgIpc) is 1.93. The molecule has 0 bridgehead atoms. The minimum atomic E-state index is -0.354. The van der Waals surface area contributed by atoms with E-state index >= 15 is 0 Å². The smallest absolute Gasteiger partial charge is 0.166 e. The Morgan fingerprint density at radius 3 is 2.38 bits per heavy atom. The third-order valence-electron chi connectivity index (χ3n) is 1.31. The summed E-state index contributed by atoms with van der Waals surface area (Å²) in [5.41, 5.74) is -0.354. The lowest BCUT2D eigenvalue weighted by Gasteiger charge is -2.21. The molecule has 0 aliphatic rings. The van der Waals surface area contributed by atoms with Crippen LogP contribution in [0.4, 0.5) is 4.39 Å². The van der Waals surface area contributed by atoms with E-state index in [1.807, 2.05) is 26.8 Å². The van der Waals surface area contributed by atoms with Gasteiger partial charge in [-0.25, -0.2) is 4.39 Å². The Kier molecular flexibility index (Phi) is 3.16. The third-order valence-corrected chi connectivity index (χ3v) is 1.98. The zero-order chi connectivity index (χ0) is 10.1. The van der Waals surface area contributed by atoms with E-state index < -0.39 is 0 Å². The highest BCUT2D eigenvalue weighted by Crippen LogP contribution is 2.23. The zero-order valence-electron chi connectivity index (χ0n) is 7.90. The summed E-state index contributed by atoms with van der Waals surface area (Å²) < 4.78 is 19.5. The molecule has 72 valence electrons. The summed E-state index contributed by atoms with van der Waals surface area (Å²) >= 11 is 2.06. The van der Waals surface area contributed by atoms with E-state index in [4.69, 9.17) is 4.74 Å². The normalized spacial score (nSPS) is 11.5. The van der Waals surface area contributed by atoms with Gasteiger partial charge in [-0.3, -0.25) is 0 Å². The molecule has 0 amide bonds. The van der Waals surface area contributed by atoms with E-state index in [-0.39, 0.29) is 11.4 Å². The van der Waals surface area contributed by atoms with E-state index in [1.165, 1.54) is 6.07 Å². The second-order valence-electron chi connectivity index (χ2n) is 3.79. The van der Waals surface area contributed by atoms with Crippen molar-refractivity contribution >= 4 is 22.6 Å². The highest BCUT2D eigenvalue weighted by Gasteiger charge is 2.14. The Labute approximate surface area is 91.4 Å². The van der Waals surface area contributed by atoms with Crippen molar-refractivity contribution < 1.29 is 9.13 Å². The number of rotatable bonds is 1. The second kappa shape index (κ2) is 3.82. The van der Waals surface area contributed by atoms with Gasteiger partial charge >= 0.3 is 0 Å². The first-order valence-electron chi connectivity index (χ1n) is 4.02. The van der Waals surface area contributed by atoms with Crippen LogP contribution >= 0.6 is 22.6 Å². The number of hydrogen-bond donors (Lipinski definition) is 0. The van der Waals surface area contributed by atoms with E-state index in [1.54, 1.807) is 6.07 Å². The van der Waals surface area contributed by atoms with E-state index in [0.717, 1.165) is 3.57 Å². The molecular formula is C10H12FIO. The topological polar surface area (TPSA) is 9.23 Å². The summed E-state index contributed by atoms with van der Waals surface area (Å²) in [7, 11) is 0. The molecule has 1 nitrogen and oxygen atoms in total. The number of halogens is 2. The van der Waals surface area contributed by atoms with Crippen molar-refractivity contribution in [3.63, 3.8) is 0 Å². The van der Waals surface area contributed by atoms with Gasteiger partial charge in [-0.1, -0.05) is 0 Å². The van der Waals surface area contributed by atoms with Crippen molar-refractivity contribution in [1.29, 1.82) is 0 Å². The van der Waals surface area contributed by atoms with Gasteiger partial charge in [-0.05, 0) is 61.6 Å². The Bertz CT molecular complexity index is 304. The summed E-state index contributed by atoms with van der Waals surface area (Å²) in [6.07, 6.45) is 0. The molecule has 3 heteroatoms. The van der Waals surface area contributed by atoms with Crippen molar-refractivity contribution in [3.8, 4) is 5.75 Å². The molecule has 0 N–H and O–H groups in total. The van der Waals surface area contributed by atoms with Crippen molar-refractivity contribution in [2.75, 3.05) is 0 Å². The first-order chi connectivity index (χ1) is 5.88. The maximum absolute atomic E-state index is 13.3.